The Morgan fingerprint density at radius 3 is 2.54 bits per heavy atom. The van der Waals surface area contributed by atoms with E-state index in [1.165, 1.54) is 12.8 Å². The van der Waals surface area contributed by atoms with Crippen LogP contribution in [0, 0.1) is 5.92 Å². The van der Waals surface area contributed by atoms with Crippen molar-refractivity contribution in [3.8, 4) is 0 Å². The van der Waals surface area contributed by atoms with Crippen LogP contribution in [0.2, 0.25) is 0 Å². The highest BCUT2D eigenvalue weighted by molar-refractivity contribution is 5.85. The number of fused-ring (bicyclic) bond motifs is 2. The first-order chi connectivity index (χ1) is 11.3. The number of rotatable bonds is 4. The molecule has 0 aromatic heterocycles. The summed E-state index contributed by atoms with van der Waals surface area (Å²) in [4.78, 5) is 12.5. The minimum absolute atomic E-state index is 0. The van der Waals surface area contributed by atoms with E-state index in [4.69, 9.17) is 4.74 Å². The second kappa shape index (κ2) is 7.85. The van der Waals surface area contributed by atoms with Gasteiger partial charge in [-0.2, -0.15) is 0 Å². The lowest BCUT2D eigenvalue weighted by atomic mass is 9.89. The third-order valence-electron chi connectivity index (χ3n) is 5.61. The number of amides is 1. The van der Waals surface area contributed by atoms with Gasteiger partial charge in [-0.25, -0.2) is 0 Å². The summed E-state index contributed by atoms with van der Waals surface area (Å²) in [5.74, 6) is 0.749. The van der Waals surface area contributed by atoms with Gasteiger partial charge in [-0.3, -0.25) is 4.79 Å². The molecular formula is C19H27ClN2O2. The van der Waals surface area contributed by atoms with Gasteiger partial charge >= 0.3 is 0 Å². The predicted molar refractivity (Wildman–Crippen MR) is 96.2 cm³/mol. The molecule has 3 saturated heterocycles. The summed E-state index contributed by atoms with van der Waals surface area (Å²) in [6.07, 6.45) is 6.48. The molecule has 5 heteroatoms. The Bertz CT molecular complexity index is 542. The monoisotopic (exact) mass is 350 g/mol. The molecule has 2 N–H and O–H groups in total. The molecule has 1 aromatic rings. The summed E-state index contributed by atoms with van der Waals surface area (Å²) in [5, 5.41) is 6.88. The summed E-state index contributed by atoms with van der Waals surface area (Å²) >= 11 is 0. The maximum absolute atomic E-state index is 12.5. The van der Waals surface area contributed by atoms with Crippen molar-refractivity contribution in [1.29, 1.82) is 0 Å². The number of ether oxygens (including phenoxy) is 1. The number of piperidine rings is 1. The minimum atomic E-state index is 0. The van der Waals surface area contributed by atoms with Crippen molar-refractivity contribution in [3.63, 3.8) is 0 Å². The molecule has 3 heterocycles. The topological polar surface area (TPSA) is 50.4 Å². The molecule has 4 nitrogen and oxygen atoms in total. The summed E-state index contributed by atoms with van der Waals surface area (Å²) in [6.45, 7) is 0.724. The molecular weight excluding hydrogens is 324 g/mol. The zero-order valence-electron chi connectivity index (χ0n) is 13.9. The van der Waals surface area contributed by atoms with E-state index in [0.29, 0.717) is 24.4 Å². The van der Waals surface area contributed by atoms with Crippen LogP contribution >= 0.6 is 12.4 Å². The van der Waals surface area contributed by atoms with Crippen molar-refractivity contribution in [2.24, 2.45) is 5.92 Å². The van der Waals surface area contributed by atoms with Crippen molar-refractivity contribution < 1.29 is 9.53 Å². The van der Waals surface area contributed by atoms with Gasteiger partial charge in [-0.15, -0.1) is 12.4 Å². The zero-order valence-corrected chi connectivity index (χ0v) is 14.8. The smallest absolute Gasteiger partial charge is 0.220 e. The number of carbonyl (C=O) groups excluding carboxylic acids is 1. The maximum atomic E-state index is 12.5. The van der Waals surface area contributed by atoms with Gasteiger partial charge in [0.05, 0.1) is 6.04 Å². The number of hydrogen-bond acceptors (Lipinski definition) is 3. The van der Waals surface area contributed by atoms with E-state index in [0.717, 1.165) is 31.4 Å². The molecule has 3 aliphatic rings. The zero-order chi connectivity index (χ0) is 15.6. The molecule has 0 aliphatic carbocycles. The predicted octanol–water partition coefficient (Wildman–Crippen LogP) is 2.98. The first-order valence-electron chi connectivity index (χ1n) is 9.00. The molecule has 0 radical (unpaired) electrons. The molecule has 24 heavy (non-hydrogen) atoms. The number of halogens is 1. The largest absolute Gasteiger partial charge is 0.371 e. The third kappa shape index (κ3) is 3.93. The number of hydrogen-bond donors (Lipinski definition) is 2. The van der Waals surface area contributed by atoms with Gasteiger partial charge in [0.1, 0.15) is 6.10 Å². The van der Waals surface area contributed by atoms with E-state index in [1.54, 1.807) is 0 Å². The minimum Gasteiger partial charge on any atom is -0.371 e. The highest BCUT2D eigenvalue weighted by Crippen LogP contribution is 2.33. The molecule has 4 atom stereocenters. The van der Waals surface area contributed by atoms with Crippen molar-refractivity contribution >= 4 is 18.3 Å². The second-order valence-corrected chi connectivity index (χ2v) is 7.34. The Balaban J connectivity index is 0.00000169. The summed E-state index contributed by atoms with van der Waals surface area (Å²) < 4.78 is 5.86. The Kier molecular flexibility index (Phi) is 5.80. The molecule has 3 aliphatic heterocycles. The molecule has 1 aromatic carbocycles. The van der Waals surface area contributed by atoms with Gasteiger partial charge in [-0.1, -0.05) is 30.3 Å². The van der Waals surface area contributed by atoms with E-state index < -0.39 is 0 Å². The van der Waals surface area contributed by atoms with E-state index in [1.807, 2.05) is 18.2 Å². The van der Waals surface area contributed by atoms with E-state index in [2.05, 4.69) is 22.8 Å². The van der Waals surface area contributed by atoms with Crippen LogP contribution in [0.25, 0.3) is 0 Å². The van der Waals surface area contributed by atoms with Crippen LogP contribution in [-0.4, -0.2) is 30.6 Å². The average molecular weight is 351 g/mol. The molecule has 132 valence electrons. The van der Waals surface area contributed by atoms with Gasteiger partial charge in [-0.05, 0) is 43.6 Å². The standard InChI is InChI=1S/C19H26N2O2.ClH/c22-18(12-13-10-15-6-7-16(11-13)20-15)21-17-8-9-23-19(17)14-4-2-1-3-5-14;/h1-5,13,15-17,19-20H,6-12H2,(H,21,22);1H. The van der Waals surface area contributed by atoms with Gasteiger partial charge in [0, 0.05) is 25.1 Å². The van der Waals surface area contributed by atoms with Crippen LogP contribution in [-0.2, 0) is 9.53 Å². The molecule has 3 fully saturated rings. The highest BCUT2D eigenvalue weighted by atomic mass is 35.5. The van der Waals surface area contributed by atoms with Crippen molar-refractivity contribution in [3.05, 3.63) is 35.9 Å². The van der Waals surface area contributed by atoms with Crippen molar-refractivity contribution in [2.45, 2.75) is 62.8 Å². The number of carbonyl (C=O) groups is 1. The van der Waals surface area contributed by atoms with E-state index >= 15 is 0 Å². The quantitative estimate of drug-likeness (QED) is 0.877. The second-order valence-electron chi connectivity index (χ2n) is 7.34. The van der Waals surface area contributed by atoms with Gasteiger partial charge in [0.25, 0.3) is 0 Å². The van der Waals surface area contributed by atoms with Crippen LogP contribution in [0.4, 0.5) is 0 Å². The summed E-state index contributed by atoms with van der Waals surface area (Å²) in [5.41, 5.74) is 1.16. The summed E-state index contributed by atoms with van der Waals surface area (Å²) in [6, 6.07) is 11.7. The van der Waals surface area contributed by atoms with Crippen molar-refractivity contribution in [2.75, 3.05) is 6.61 Å². The molecule has 4 rings (SSSR count). The van der Waals surface area contributed by atoms with Crippen LogP contribution in [0.1, 0.15) is 50.2 Å². The number of nitrogens with one attached hydrogen (secondary N) is 2. The lowest BCUT2D eigenvalue weighted by Crippen LogP contribution is -2.42. The lowest BCUT2D eigenvalue weighted by molar-refractivity contribution is -0.123. The lowest BCUT2D eigenvalue weighted by Gasteiger charge is -2.29. The van der Waals surface area contributed by atoms with Crippen molar-refractivity contribution in [1.82, 2.24) is 10.6 Å². The molecule has 2 bridgehead atoms. The highest BCUT2D eigenvalue weighted by Gasteiger charge is 2.35. The molecule has 0 spiro atoms. The van der Waals surface area contributed by atoms with Gasteiger partial charge < -0.3 is 15.4 Å². The van der Waals surface area contributed by atoms with Gasteiger partial charge in [0.15, 0.2) is 0 Å². The Morgan fingerprint density at radius 2 is 1.83 bits per heavy atom. The number of benzene rings is 1. The molecule has 0 saturated carbocycles. The Labute approximate surface area is 150 Å². The fourth-order valence-corrected chi connectivity index (χ4v) is 4.58. The van der Waals surface area contributed by atoms with Crippen LogP contribution < -0.4 is 10.6 Å². The SMILES string of the molecule is Cl.O=C(CC1CC2CCC(C1)N2)NC1CCOC1c1ccccc1. The maximum Gasteiger partial charge on any atom is 0.220 e. The fourth-order valence-electron chi connectivity index (χ4n) is 4.58. The third-order valence-corrected chi connectivity index (χ3v) is 5.61. The fraction of sp³-hybridized carbons (Fsp3) is 0.632. The van der Waals surface area contributed by atoms with E-state index in [-0.39, 0.29) is 30.5 Å². The first kappa shape index (κ1) is 17.7. The molecule has 1 amide bonds. The average Bonchev–Trinajstić information content (AvgIpc) is 3.14. The van der Waals surface area contributed by atoms with Crippen LogP contribution in [0.15, 0.2) is 30.3 Å². The Hall–Kier alpha value is -1.10. The first-order valence-corrected chi connectivity index (χ1v) is 9.00. The van der Waals surface area contributed by atoms with E-state index in [9.17, 15) is 4.79 Å². The van der Waals surface area contributed by atoms with Crippen LogP contribution in [0.5, 0.6) is 0 Å². The summed E-state index contributed by atoms with van der Waals surface area (Å²) in [7, 11) is 0. The Morgan fingerprint density at radius 1 is 1.12 bits per heavy atom. The van der Waals surface area contributed by atoms with Crippen LogP contribution in [0.3, 0.4) is 0 Å². The molecule has 4 unspecified atom stereocenters. The van der Waals surface area contributed by atoms with Gasteiger partial charge in [0.2, 0.25) is 5.91 Å². The normalized spacial score (nSPS) is 34.6.